The first-order valence-corrected chi connectivity index (χ1v) is 8.40. The summed E-state index contributed by atoms with van der Waals surface area (Å²) in [7, 11) is 0. The minimum absolute atomic E-state index is 0.0943. The maximum atomic E-state index is 11.3. The number of carbonyl (C=O) groups excluding carboxylic acids is 1. The van der Waals surface area contributed by atoms with Crippen molar-refractivity contribution in [1.29, 1.82) is 0 Å². The molecule has 0 aromatic carbocycles. The first-order valence-electron chi connectivity index (χ1n) is 3.44. The Morgan fingerprint density at radius 2 is 1.85 bits per heavy atom. The van der Waals surface area contributed by atoms with Crippen LogP contribution in [0.15, 0.2) is 0 Å². The van der Waals surface area contributed by atoms with Crippen molar-refractivity contribution in [2.24, 2.45) is 0 Å². The van der Waals surface area contributed by atoms with Crippen LogP contribution in [-0.2, 0) is 4.79 Å². The summed E-state index contributed by atoms with van der Waals surface area (Å²) >= 11 is 0.189. The third-order valence-electron chi connectivity index (χ3n) is 1.21. The summed E-state index contributed by atoms with van der Waals surface area (Å²) < 4.78 is 1.65. The van der Waals surface area contributed by atoms with Crippen LogP contribution in [0.4, 0.5) is 4.79 Å². The summed E-state index contributed by atoms with van der Waals surface area (Å²) in [5, 5.41) is 10.9. The molecule has 0 fully saturated rings. The molecule has 1 atom stereocenters. The Morgan fingerprint density at radius 3 is 2.15 bits per heavy atom. The van der Waals surface area contributed by atoms with Crippen LogP contribution >= 0.6 is 0 Å². The van der Waals surface area contributed by atoms with Gasteiger partial charge in [-0.25, -0.2) is 0 Å². The number of nitrogens with one attached hydrogen (secondary N) is 1. The van der Waals surface area contributed by atoms with Crippen molar-refractivity contribution in [2.75, 3.05) is 0 Å². The molecule has 76 valence electrons. The minimum atomic E-state index is -1.01. The van der Waals surface area contributed by atoms with Crippen LogP contribution in [0.25, 0.3) is 0 Å². The first-order chi connectivity index (χ1) is 6.02. The molecule has 2 amide bonds. The second-order valence-corrected chi connectivity index (χ2v) is 6.37. The predicted octanol–water partition coefficient (Wildman–Crippen LogP) is -0.194. The number of hydrogen-bond donors (Lipinski definition) is 2. The molecule has 2 N–H and O–H groups in total. The fourth-order valence-corrected chi connectivity index (χ4v) is 3.39. The van der Waals surface area contributed by atoms with Gasteiger partial charge in [0.1, 0.15) is 0 Å². The summed E-state index contributed by atoms with van der Waals surface area (Å²) in [6.07, 6.45) is 0. The molecule has 0 aromatic rings. The molecule has 0 aliphatic carbocycles. The molecule has 0 unspecified atom stereocenters. The second-order valence-electron chi connectivity index (χ2n) is 2.13. The summed E-state index contributed by atoms with van der Waals surface area (Å²) in [5.74, 6) is 2.83. The van der Waals surface area contributed by atoms with Crippen LogP contribution in [0.1, 0.15) is 6.92 Å². The number of carbonyl (C=O) groups is 2. The van der Waals surface area contributed by atoms with Crippen molar-refractivity contribution in [1.82, 2.24) is 8.25 Å². The molecule has 0 heterocycles. The number of carboxylic acids is 1. The maximum absolute atomic E-state index is 11.3. The Hall–Kier alpha value is -0.221. The van der Waals surface area contributed by atoms with E-state index in [2.05, 4.69) is 5.32 Å². The van der Waals surface area contributed by atoms with E-state index >= 15 is 0 Å². The zero-order valence-electron chi connectivity index (χ0n) is 7.60. The molecule has 0 rings (SSSR count). The van der Waals surface area contributed by atoms with Gasteiger partial charge in [-0.2, -0.15) is 0 Å². The molecule has 0 saturated heterocycles. The van der Waals surface area contributed by atoms with Gasteiger partial charge in [0.15, 0.2) is 0 Å². The Bertz CT molecular complexity index is 196. The van der Waals surface area contributed by atoms with Crippen LogP contribution < -0.4 is 5.32 Å². The normalized spacial score (nSPS) is 11.9. The fourth-order valence-electron chi connectivity index (χ4n) is 0.540. The molecule has 0 spiro atoms. The van der Waals surface area contributed by atoms with Crippen LogP contribution in [0, 0.1) is 0 Å². The molecular weight excluding hydrogens is 306 g/mol. The Balaban J connectivity index is 4.05. The van der Waals surface area contributed by atoms with Crippen molar-refractivity contribution in [2.45, 2.75) is 24.6 Å². The Labute approximate surface area is 90.0 Å². The van der Waals surface area contributed by atoms with Gasteiger partial charge in [0.2, 0.25) is 0 Å². The topological polar surface area (TPSA) is 69.6 Å². The quantitative estimate of drug-likeness (QED) is 0.706. The summed E-state index contributed by atoms with van der Waals surface area (Å²) in [5.41, 5.74) is 0. The number of hydrogen-bond acceptors (Lipinski definition) is 2. The molecule has 0 aliphatic heterocycles. The third-order valence-corrected chi connectivity index (χ3v) is 6.55. The van der Waals surface area contributed by atoms with Crippen molar-refractivity contribution in [3.63, 3.8) is 0 Å². The number of nitrogens with zero attached hydrogens (tertiary/aromatic N) is 1. The molecule has 5 nitrogen and oxygen atoms in total. The van der Waals surface area contributed by atoms with E-state index in [1.807, 2.05) is 11.6 Å². The average molecular weight is 318 g/mol. The van der Waals surface area contributed by atoms with E-state index in [0.29, 0.717) is 0 Å². The summed E-state index contributed by atoms with van der Waals surface area (Å²) in [4.78, 5) is 21.7. The molecule has 0 bridgehead atoms. The molecule has 0 saturated carbocycles. The van der Waals surface area contributed by atoms with E-state index in [4.69, 9.17) is 5.11 Å². The predicted molar refractivity (Wildman–Crippen MR) is 50.7 cm³/mol. The molecule has 13 heavy (non-hydrogen) atoms. The van der Waals surface area contributed by atoms with Crippen molar-refractivity contribution in [3.8, 4) is 0 Å². The van der Waals surface area contributed by atoms with Crippen molar-refractivity contribution < 1.29 is 14.7 Å². The molecule has 0 radical (unpaired) electrons. The van der Waals surface area contributed by atoms with Gasteiger partial charge >= 0.3 is 89.9 Å². The van der Waals surface area contributed by atoms with Crippen LogP contribution in [0.2, 0.25) is 11.6 Å². The van der Waals surface area contributed by atoms with E-state index in [9.17, 15) is 9.59 Å². The third kappa shape index (κ3) is 4.52. The van der Waals surface area contributed by atoms with Gasteiger partial charge in [0.05, 0.1) is 0 Å². The molecular formula is C6H12N2O3Se2. The summed E-state index contributed by atoms with van der Waals surface area (Å²) in [6, 6.07) is -1.10. The van der Waals surface area contributed by atoms with Crippen LogP contribution in [0.3, 0.4) is 0 Å². The first kappa shape index (κ1) is 12.8. The van der Waals surface area contributed by atoms with E-state index in [1.165, 1.54) is 6.92 Å². The van der Waals surface area contributed by atoms with Crippen molar-refractivity contribution in [3.05, 3.63) is 0 Å². The van der Waals surface area contributed by atoms with Gasteiger partial charge in [-0.05, 0) is 0 Å². The SMILES string of the molecule is C[Se]N([Se]C)C(=O)N[C@@H](C)C(=O)O. The van der Waals surface area contributed by atoms with Crippen LogP contribution in [0.5, 0.6) is 0 Å². The van der Waals surface area contributed by atoms with Crippen LogP contribution in [-0.4, -0.2) is 56.4 Å². The van der Waals surface area contributed by atoms with E-state index < -0.39 is 12.0 Å². The van der Waals surface area contributed by atoms with Gasteiger partial charge < -0.3 is 0 Å². The van der Waals surface area contributed by atoms with Gasteiger partial charge in [0, 0.05) is 0 Å². The Kier molecular flexibility index (Phi) is 6.16. The zero-order chi connectivity index (χ0) is 10.4. The second kappa shape index (κ2) is 6.27. The number of carboxylic acid groups (broad SMARTS) is 1. The van der Waals surface area contributed by atoms with Gasteiger partial charge in [-0.3, -0.25) is 0 Å². The van der Waals surface area contributed by atoms with Gasteiger partial charge in [0.25, 0.3) is 0 Å². The number of amides is 2. The van der Waals surface area contributed by atoms with E-state index in [0.717, 1.165) is 0 Å². The fraction of sp³-hybridized carbons (Fsp3) is 0.667. The monoisotopic (exact) mass is 320 g/mol. The zero-order valence-corrected chi connectivity index (χ0v) is 11.0. The number of aliphatic carboxylic acids is 1. The standard InChI is InChI=1S/C6H12N2O3Se2/c1-4(5(9)10)7-6(11)8(12-2)13-3/h4H,1-3H3,(H,7,11)(H,9,10)/t4-/m0/s1. The van der Waals surface area contributed by atoms with E-state index in [1.54, 1.807) is 2.93 Å². The molecule has 7 heteroatoms. The summed E-state index contributed by atoms with van der Waals surface area (Å²) in [6.45, 7) is 1.45. The van der Waals surface area contributed by atoms with Crippen molar-refractivity contribution >= 4 is 42.4 Å². The molecule has 0 aliphatic rings. The Morgan fingerprint density at radius 1 is 1.38 bits per heavy atom. The average Bonchev–Trinajstić information content (AvgIpc) is 2.06. The van der Waals surface area contributed by atoms with Gasteiger partial charge in [-0.15, -0.1) is 0 Å². The number of rotatable bonds is 4. The van der Waals surface area contributed by atoms with E-state index in [-0.39, 0.29) is 36.4 Å². The van der Waals surface area contributed by atoms with Gasteiger partial charge in [-0.1, -0.05) is 0 Å². The molecule has 0 aromatic heterocycles. The number of urea groups is 1.